The molecule has 4 heteroatoms. The minimum absolute atomic E-state index is 0.474. The summed E-state index contributed by atoms with van der Waals surface area (Å²) in [7, 11) is 0. The van der Waals surface area contributed by atoms with Crippen LogP contribution >= 0.6 is 11.8 Å². The van der Waals surface area contributed by atoms with E-state index in [1.807, 2.05) is 42.5 Å². The fourth-order valence-electron chi connectivity index (χ4n) is 8.94. The van der Waals surface area contributed by atoms with Crippen molar-refractivity contribution in [3.05, 3.63) is 228 Å². The van der Waals surface area contributed by atoms with E-state index in [0.29, 0.717) is 11.4 Å². The van der Waals surface area contributed by atoms with Crippen molar-refractivity contribution < 1.29 is 0 Å². The van der Waals surface area contributed by atoms with Gasteiger partial charge in [0.2, 0.25) is 0 Å². The molecule has 2 heterocycles. The third-order valence-corrected chi connectivity index (χ3v) is 12.7. The lowest BCUT2D eigenvalue weighted by atomic mass is 9.67. The Morgan fingerprint density at radius 3 is 1.53 bits per heavy atom. The summed E-state index contributed by atoms with van der Waals surface area (Å²) in [6.45, 7) is 0. The standard InChI is InChI=1S/C54H33N3S/c55-34-35-22-28-47-51(30-35)58-52-32-41(27-29-48(52)54(47)45-20-9-7-18-43(45)44-19-8-10-21-46(44)54)37-25-23-36(24-26-37)40-16-11-17-42(31-40)50-33-49(38-12-3-1-4-13-38)56-53(57-50)39-14-5-2-6-15-39/h1-33H. The van der Waals surface area contributed by atoms with Gasteiger partial charge in [-0.2, -0.15) is 5.26 Å². The molecule has 1 aliphatic heterocycles. The van der Waals surface area contributed by atoms with Crippen molar-refractivity contribution in [2.45, 2.75) is 15.2 Å². The molecular weight excluding hydrogens is 723 g/mol. The van der Waals surface area contributed by atoms with Crippen LogP contribution in [-0.4, -0.2) is 9.97 Å². The van der Waals surface area contributed by atoms with Gasteiger partial charge in [-0.15, -0.1) is 0 Å². The second kappa shape index (κ2) is 13.7. The summed E-state index contributed by atoms with van der Waals surface area (Å²) in [5.74, 6) is 0.705. The average molecular weight is 756 g/mol. The maximum atomic E-state index is 9.92. The zero-order valence-electron chi connectivity index (χ0n) is 31.3. The first-order valence-electron chi connectivity index (χ1n) is 19.4. The lowest BCUT2D eigenvalue weighted by molar-refractivity contribution is 0.722. The van der Waals surface area contributed by atoms with Gasteiger partial charge < -0.3 is 0 Å². The molecule has 9 aromatic rings. The molecule has 0 fully saturated rings. The number of rotatable bonds is 5. The molecule has 0 amide bonds. The molecule has 0 radical (unpaired) electrons. The summed E-state index contributed by atoms with van der Waals surface area (Å²) < 4.78 is 0. The zero-order valence-corrected chi connectivity index (χ0v) is 32.1. The molecule has 0 N–H and O–H groups in total. The predicted octanol–water partition coefficient (Wildman–Crippen LogP) is 13.5. The molecule has 1 spiro atoms. The number of nitrogens with zero attached hydrogens (tertiary/aromatic N) is 3. The van der Waals surface area contributed by atoms with Gasteiger partial charge in [-0.1, -0.05) is 182 Å². The van der Waals surface area contributed by atoms with Crippen molar-refractivity contribution in [2.75, 3.05) is 0 Å². The molecule has 0 saturated heterocycles. The van der Waals surface area contributed by atoms with Gasteiger partial charge in [0, 0.05) is 26.5 Å². The molecule has 0 atom stereocenters. The van der Waals surface area contributed by atoms with Crippen LogP contribution in [0.5, 0.6) is 0 Å². The van der Waals surface area contributed by atoms with Gasteiger partial charge in [0.25, 0.3) is 0 Å². The summed E-state index contributed by atoms with van der Waals surface area (Å²) in [6.07, 6.45) is 0. The first kappa shape index (κ1) is 34.0. The zero-order chi connectivity index (χ0) is 38.6. The van der Waals surface area contributed by atoms with Gasteiger partial charge in [-0.05, 0) is 86.0 Å². The highest BCUT2D eigenvalue weighted by atomic mass is 32.2. The summed E-state index contributed by atoms with van der Waals surface area (Å²) in [6, 6.07) is 73.2. The molecule has 58 heavy (non-hydrogen) atoms. The Bertz CT molecular complexity index is 2990. The topological polar surface area (TPSA) is 49.6 Å². The largest absolute Gasteiger partial charge is 0.228 e. The molecule has 3 nitrogen and oxygen atoms in total. The molecule has 11 rings (SSSR count). The highest BCUT2D eigenvalue weighted by Gasteiger charge is 2.50. The van der Waals surface area contributed by atoms with Crippen molar-refractivity contribution in [3.8, 4) is 73.4 Å². The van der Waals surface area contributed by atoms with Gasteiger partial charge in [0.05, 0.1) is 28.4 Å². The third kappa shape index (κ3) is 5.44. The van der Waals surface area contributed by atoms with E-state index < -0.39 is 5.41 Å². The molecule has 1 aliphatic carbocycles. The summed E-state index contributed by atoms with van der Waals surface area (Å²) in [5.41, 5.74) is 17.2. The first-order valence-corrected chi connectivity index (χ1v) is 20.3. The normalized spacial score (nSPS) is 12.9. The maximum absolute atomic E-state index is 9.92. The Hall–Kier alpha value is -7.32. The van der Waals surface area contributed by atoms with Crippen molar-refractivity contribution in [2.24, 2.45) is 0 Å². The quantitative estimate of drug-likeness (QED) is 0.175. The van der Waals surface area contributed by atoms with Crippen LogP contribution in [0, 0.1) is 11.3 Å². The molecule has 8 aromatic carbocycles. The minimum Gasteiger partial charge on any atom is -0.228 e. The number of hydrogen-bond acceptors (Lipinski definition) is 4. The number of nitriles is 1. The number of hydrogen-bond donors (Lipinski definition) is 0. The van der Waals surface area contributed by atoms with E-state index in [4.69, 9.17) is 9.97 Å². The second-order valence-electron chi connectivity index (χ2n) is 14.8. The van der Waals surface area contributed by atoms with E-state index in [2.05, 4.69) is 164 Å². The average Bonchev–Trinajstić information content (AvgIpc) is 3.59. The van der Waals surface area contributed by atoms with Crippen molar-refractivity contribution >= 4 is 11.8 Å². The van der Waals surface area contributed by atoms with Gasteiger partial charge in [-0.25, -0.2) is 9.97 Å². The van der Waals surface area contributed by atoms with Gasteiger partial charge in [0.15, 0.2) is 5.82 Å². The van der Waals surface area contributed by atoms with Crippen LogP contribution in [0.25, 0.3) is 67.3 Å². The van der Waals surface area contributed by atoms with Crippen LogP contribution in [0.1, 0.15) is 27.8 Å². The van der Waals surface area contributed by atoms with E-state index in [1.54, 1.807) is 11.8 Å². The smallest absolute Gasteiger partial charge is 0.160 e. The molecule has 270 valence electrons. The molecule has 2 aliphatic rings. The van der Waals surface area contributed by atoms with E-state index in [1.165, 1.54) is 38.3 Å². The molecule has 0 saturated carbocycles. The van der Waals surface area contributed by atoms with Crippen LogP contribution in [0.2, 0.25) is 0 Å². The number of aromatic nitrogens is 2. The van der Waals surface area contributed by atoms with Crippen molar-refractivity contribution in [1.29, 1.82) is 5.26 Å². The first-order chi connectivity index (χ1) is 28.7. The van der Waals surface area contributed by atoms with Crippen molar-refractivity contribution in [1.82, 2.24) is 9.97 Å². The highest BCUT2D eigenvalue weighted by molar-refractivity contribution is 7.99. The summed E-state index contributed by atoms with van der Waals surface area (Å²) in [5, 5.41) is 9.92. The monoisotopic (exact) mass is 755 g/mol. The summed E-state index contributed by atoms with van der Waals surface area (Å²) >= 11 is 1.77. The van der Waals surface area contributed by atoms with E-state index >= 15 is 0 Å². The highest BCUT2D eigenvalue weighted by Crippen LogP contribution is 2.62. The van der Waals surface area contributed by atoms with Crippen LogP contribution in [0.4, 0.5) is 0 Å². The van der Waals surface area contributed by atoms with E-state index in [-0.39, 0.29) is 0 Å². The van der Waals surface area contributed by atoms with Crippen LogP contribution in [0.15, 0.2) is 210 Å². The summed E-state index contributed by atoms with van der Waals surface area (Å²) in [4.78, 5) is 12.4. The lowest BCUT2D eigenvalue weighted by Crippen LogP contribution is -2.32. The van der Waals surface area contributed by atoms with Gasteiger partial charge >= 0.3 is 0 Å². The third-order valence-electron chi connectivity index (χ3n) is 11.6. The number of benzene rings is 8. The predicted molar refractivity (Wildman–Crippen MR) is 235 cm³/mol. The van der Waals surface area contributed by atoms with Crippen LogP contribution in [-0.2, 0) is 5.41 Å². The minimum atomic E-state index is -0.474. The second-order valence-corrected chi connectivity index (χ2v) is 15.9. The van der Waals surface area contributed by atoms with Gasteiger partial charge in [-0.3, -0.25) is 0 Å². The molecular formula is C54H33N3S. The Balaban J connectivity index is 0.972. The SMILES string of the molecule is N#Cc1ccc2c(c1)Sc1cc(-c3ccc(-c4cccc(-c5cc(-c6ccccc6)nc(-c6ccccc6)n5)c4)cc3)ccc1C21c2ccccc2-c2ccccc21. The Labute approximate surface area is 342 Å². The Kier molecular flexibility index (Phi) is 8.03. The van der Waals surface area contributed by atoms with Crippen molar-refractivity contribution in [3.63, 3.8) is 0 Å². The van der Waals surface area contributed by atoms with Gasteiger partial charge in [0.1, 0.15) is 0 Å². The Morgan fingerprint density at radius 1 is 0.379 bits per heavy atom. The lowest BCUT2D eigenvalue weighted by Gasteiger charge is -2.40. The molecule has 0 bridgehead atoms. The number of fused-ring (bicyclic) bond motifs is 9. The maximum Gasteiger partial charge on any atom is 0.160 e. The fraction of sp³-hybridized carbons (Fsp3) is 0.0185. The van der Waals surface area contributed by atoms with Crippen LogP contribution in [0.3, 0.4) is 0 Å². The fourth-order valence-corrected chi connectivity index (χ4v) is 10.2. The van der Waals surface area contributed by atoms with E-state index in [9.17, 15) is 5.26 Å². The molecule has 0 unspecified atom stereocenters. The Morgan fingerprint density at radius 2 is 0.879 bits per heavy atom. The van der Waals surface area contributed by atoms with Crippen LogP contribution < -0.4 is 0 Å². The molecule has 1 aromatic heterocycles. The van der Waals surface area contributed by atoms with E-state index in [0.717, 1.165) is 55.2 Å².